The fourth-order valence-electron chi connectivity index (χ4n) is 4.46. The van der Waals surface area contributed by atoms with Crippen LogP contribution in [0, 0.1) is 6.92 Å². The molecule has 0 bridgehead atoms. The minimum atomic E-state index is -0.194. The molecule has 6 heteroatoms. The van der Waals surface area contributed by atoms with Gasteiger partial charge in [-0.2, -0.15) is 0 Å². The molecule has 4 aromatic rings. The lowest BCUT2D eigenvalue weighted by Gasteiger charge is -2.26. The summed E-state index contributed by atoms with van der Waals surface area (Å²) in [5.41, 5.74) is 5.30. The van der Waals surface area contributed by atoms with Crippen LogP contribution < -0.4 is 10.2 Å². The van der Waals surface area contributed by atoms with E-state index in [0.717, 1.165) is 34.0 Å². The molecule has 2 aromatic carbocycles. The number of furan rings is 1. The van der Waals surface area contributed by atoms with E-state index in [-0.39, 0.29) is 12.1 Å². The van der Waals surface area contributed by atoms with Crippen LogP contribution in [0.3, 0.4) is 0 Å². The Kier molecular flexibility index (Phi) is 6.15. The number of thiocarbonyl (C=S) groups is 1. The first-order valence-electron chi connectivity index (χ1n) is 11.4. The molecule has 5 rings (SSSR count). The van der Waals surface area contributed by atoms with Gasteiger partial charge in [-0.1, -0.05) is 49.7 Å². The van der Waals surface area contributed by atoms with Gasteiger partial charge in [0.05, 0.1) is 11.7 Å². The average molecular weight is 488 g/mol. The number of aryl methyl sites for hydroxylation is 1. The zero-order chi connectivity index (χ0) is 23.8. The minimum absolute atomic E-state index is 0.155. The third-order valence-electron chi connectivity index (χ3n) is 6.32. The molecule has 1 aliphatic heterocycles. The number of nitrogens with one attached hydrogen (secondary N) is 1. The topological polar surface area (TPSA) is 41.3 Å². The number of nitrogens with zero attached hydrogens (tertiary/aromatic N) is 2. The molecular weight excluding hydrogens is 462 g/mol. The van der Waals surface area contributed by atoms with Gasteiger partial charge < -0.3 is 14.6 Å². The van der Waals surface area contributed by atoms with E-state index in [1.54, 1.807) is 6.20 Å². The summed E-state index contributed by atoms with van der Waals surface area (Å²) < 4.78 is 6.48. The summed E-state index contributed by atoms with van der Waals surface area (Å²) in [7, 11) is 0. The van der Waals surface area contributed by atoms with E-state index in [2.05, 4.69) is 60.2 Å². The predicted octanol–water partition coefficient (Wildman–Crippen LogP) is 7.60. The molecule has 1 aliphatic rings. The van der Waals surface area contributed by atoms with Gasteiger partial charge in [0.25, 0.3) is 0 Å². The average Bonchev–Trinajstić information content (AvgIpc) is 3.46. The van der Waals surface area contributed by atoms with Crippen LogP contribution in [0.15, 0.2) is 83.4 Å². The number of hydrogen-bond donors (Lipinski definition) is 1. The van der Waals surface area contributed by atoms with E-state index < -0.39 is 0 Å². The molecule has 2 aromatic heterocycles. The van der Waals surface area contributed by atoms with Gasteiger partial charge >= 0.3 is 0 Å². The SMILES string of the molecule is Cc1ccc(Cl)cc1-c1ccc([C@H]2[C@@H](c3ccccn3)NC(=S)N2c2ccc(C(C)C)cc2)o1. The molecular formula is C28H26ClN3OS. The molecule has 1 saturated heterocycles. The second kappa shape index (κ2) is 9.24. The second-order valence-electron chi connectivity index (χ2n) is 8.90. The van der Waals surface area contributed by atoms with E-state index in [4.69, 9.17) is 28.2 Å². The normalized spacial score (nSPS) is 17.9. The molecule has 0 spiro atoms. The molecule has 0 unspecified atom stereocenters. The Morgan fingerprint density at radius 2 is 1.82 bits per heavy atom. The van der Waals surface area contributed by atoms with Gasteiger partial charge in [-0.25, -0.2) is 0 Å². The maximum Gasteiger partial charge on any atom is 0.174 e. The molecule has 34 heavy (non-hydrogen) atoms. The smallest absolute Gasteiger partial charge is 0.174 e. The Labute approximate surface area is 210 Å². The van der Waals surface area contributed by atoms with Crippen molar-refractivity contribution in [3.63, 3.8) is 0 Å². The van der Waals surface area contributed by atoms with Crippen molar-refractivity contribution in [2.75, 3.05) is 4.90 Å². The van der Waals surface area contributed by atoms with E-state index >= 15 is 0 Å². The van der Waals surface area contributed by atoms with Crippen molar-refractivity contribution in [3.05, 3.63) is 107 Å². The number of pyridine rings is 1. The fraction of sp³-hybridized carbons (Fsp3) is 0.214. The number of anilines is 1. The monoisotopic (exact) mass is 487 g/mol. The Morgan fingerprint density at radius 1 is 1.03 bits per heavy atom. The maximum atomic E-state index is 6.48. The molecule has 0 saturated carbocycles. The summed E-state index contributed by atoms with van der Waals surface area (Å²) in [6.45, 7) is 6.44. The number of halogens is 1. The first kappa shape index (κ1) is 22.6. The standard InChI is InChI=1S/C28H26ClN3OS/c1-17(2)19-8-11-21(12-9-19)32-27(26(31-28(32)34)23-6-4-5-15-30-23)25-14-13-24(33-25)22-16-20(29)10-7-18(22)3/h4-17,26-27H,1-3H3,(H,31,34)/t26-,27+/m1/s1. The van der Waals surface area contributed by atoms with E-state index in [9.17, 15) is 0 Å². The molecule has 0 amide bonds. The predicted molar refractivity (Wildman–Crippen MR) is 142 cm³/mol. The van der Waals surface area contributed by atoms with Crippen molar-refractivity contribution in [1.82, 2.24) is 10.3 Å². The third-order valence-corrected chi connectivity index (χ3v) is 6.87. The Morgan fingerprint density at radius 3 is 2.53 bits per heavy atom. The lowest BCUT2D eigenvalue weighted by Crippen LogP contribution is -2.29. The number of rotatable bonds is 5. The summed E-state index contributed by atoms with van der Waals surface area (Å²) in [5.74, 6) is 2.05. The van der Waals surface area contributed by atoms with Crippen LogP contribution >= 0.6 is 23.8 Å². The van der Waals surface area contributed by atoms with Gasteiger partial charge in [0.15, 0.2) is 5.11 Å². The van der Waals surface area contributed by atoms with Gasteiger partial charge in [0, 0.05) is 22.5 Å². The van der Waals surface area contributed by atoms with Gasteiger partial charge in [-0.05, 0) is 84.7 Å². The molecule has 3 heterocycles. The van der Waals surface area contributed by atoms with E-state index in [1.165, 1.54) is 5.56 Å². The largest absolute Gasteiger partial charge is 0.459 e. The highest BCUT2D eigenvalue weighted by Crippen LogP contribution is 2.43. The summed E-state index contributed by atoms with van der Waals surface area (Å²) in [6, 6.07) is 24.0. The molecule has 0 aliphatic carbocycles. The van der Waals surface area contributed by atoms with E-state index in [0.29, 0.717) is 16.1 Å². The van der Waals surface area contributed by atoms with Crippen molar-refractivity contribution < 1.29 is 4.42 Å². The lowest BCUT2D eigenvalue weighted by atomic mass is 10.0. The van der Waals surface area contributed by atoms with Crippen LogP contribution in [0.4, 0.5) is 5.69 Å². The van der Waals surface area contributed by atoms with Gasteiger partial charge in [0.1, 0.15) is 17.6 Å². The summed E-state index contributed by atoms with van der Waals surface area (Å²) in [5, 5.41) is 4.82. The van der Waals surface area contributed by atoms with Crippen molar-refractivity contribution in [2.45, 2.75) is 38.8 Å². The lowest BCUT2D eigenvalue weighted by molar-refractivity contribution is 0.439. The van der Waals surface area contributed by atoms with Crippen molar-refractivity contribution in [3.8, 4) is 11.3 Å². The van der Waals surface area contributed by atoms with Crippen molar-refractivity contribution >= 4 is 34.6 Å². The fourth-order valence-corrected chi connectivity index (χ4v) is 4.98. The summed E-state index contributed by atoms with van der Waals surface area (Å²) >= 11 is 12.1. The third kappa shape index (κ3) is 4.22. The van der Waals surface area contributed by atoms with Crippen molar-refractivity contribution in [2.24, 2.45) is 0 Å². The number of aromatic nitrogens is 1. The Hall–Kier alpha value is -3.15. The maximum absolute atomic E-state index is 6.48. The molecule has 2 atom stereocenters. The minimum Gasteiger partial charge on any atom is -0.459 e. The van der Waals surface area contributed by atoms with Crippen LogP contribution in [0.5, 0.6) is 0 Å². The number of hydrogen-bond acceptors (Lipinski definition) is 3. The Balaban J connectivity index is 1.59. The summed E-state index contributed by atoms with van der Waals surface area (Å²) in [4.78, 5) is 6.75. The quantitative estimate of drug-likeness (QED) is 0.293. The molecule has 1 fully saturated rings. The molecule has 172 valence electrons. The van der Waals surface area contributed by atoms with Gasteiger partial charge in [0.2, 0.25) is 0 Å². The zero-order valence-corrected chi connectivity index (χ0v) is 20.9. The first-order valence-corrected chi connectivity index (χ1v) is 12.2. The van der Waals surface area contributed by atoms with Crippen LogP contribution in [0.1, 0.15) is 54.4 Å². The van der Waals surface area contributed by atoms with Crippen LogP contribution in [-0.2, 0) is 0 Å². The van der Waals surface area contributed by atoms with Crippen molar-refractivity contribution in [1.29, 1.82) is 0 Å². The highest BCUT2D eigenvalue weighted by molar-refractivity contribution is 7.80. The highest BCUT2D eigenvalue weighted by Gasteiger charge is 2.42. The zero-order valence-electron chi connectivity index (χ0n) is 19.3. The highest BCUT2D eigenvalue weighted by atomic mass is 35.5. The van der Waals surface area contributed by atoms with Gasteiger partial charge in [-0.3, -0.25) is 4.98 Å². The molecule has 0 radical (unpaired) electrons. The molecule has 1 N–H and O–H groups in total. The first-order chi connectivity index (χ1) is 16.4. The van der Waals surface area contributed by atoms with Crippen LogP contribution in [-0.4, -0.2) is 10.1 Å². The van der Waals surface area contributed by atoms with Gasteiger partial charge in [-0.15, -0.1) is 0 Å². The number of benzene rings is 2. The van der Waals surface area contributed by atoms with Crippen LogP contribution in [0.25, 0.3) is 11.3 Å². The Bertz CT molecular complexity index is 1320. The van der Waals surface area contributed by atoms with E-state index in [1.807, 2.05) is 48.5 Å². The van der Waals surface area contributed by atoms with Crippen LogP contribution in [0.2, 0.25) is 5.02 Å². The summed E-state index contributed by atoms with van der Waals surface area (Å²) in [6.07, 6.45) is 1.81. The molecule has 4 nitrogen and oxygen atoms in total. The second-order valence-corrected chi connectivity index (χ2v) is 9.73.